The van der Waals surface area contributed by atoms with Crippen molar-refractivity contribution >= 4 is 0 Å². The third-order valence-corrected chi connectivity index (χ3v) is 3.32. The van der Waals surface area contributed by atoms with Crippen LogP contribution in [0.3, 0.4) is 0 Å². The van der Waals surface area contributed by atoms with Crippen molar-refractivity contribution < 1.29 is 9.47 Å². The summed E-state index contributed by atoms with van der Waals surface area (Å²) < 4.78 is 11.3. The van der Waals surface area contributed by atoms with E-state index in [1.165, 1.54) is 5.56 Å². The van der Waals surface area contributed by atoms with Crippen LogP contribution in [-0.4, -0.2) is 25.8 Å². The molecular weight excluding hydrogens is 190 g/mol. The standard InChI is InChI=1S/C12H15NO2/c1-14-10-3-2-9-7-12(4-5-13-8-12)15-11(9)6-10/h2-3,6,13H,4-5,7-8H2,1H3. The fraction of sp³-hybridized carbons (Fsp3) is 0.500. The third kappa shape index (κ3) is 1.38. The second-order valence-electron chi connectivity index (χ2n) is 4.36. The van der Waals surface area contributed by atoms with Crippen LogP contribution in [0.2, 0.25) is 0 Å². The summed E-state index contributed by atoms with van der Waals surface area (Å²) in [4.78, 5) is 0. The molecule has 1 fully saturated rings. The highest BCUT2D eigenvalue weighted by atomic mass is 16.5. The summed E-state index contributed by atoms with van der Waals surface area (Å²) in [6.45, 7) is 2.02. The van der Waals surface area contributed by atoms with E-state index in [-0.39, 0.29) is 5.60 Å². The van der Waals surface area contributed by atoms with E-state index in [4.69, 9.17) is 9.47 Å². The molecular formula is C12H15NO2. The van der Waals surface area contributed by atoms with E-state index in [2.05, 4.69) is 11.4 Å². The molecule has 3 rings (SSSR count). The third-order valence-electron chi connectivity index (χ3n) is 3.32. The Morgan fingerprint density at radius 3 is 3.13 bits per heavy atom. The van der Waals surface area contributed by atoms with Gasteiger partial charge in [-0.05, 0) is 18.2 Å². The molecule has 0 saturated carbocycles. The van der Waals surface area contributed by atoms with Gasteiger partial charge in [-0.2, -0.15) is 0 Å². The Balaban J connectivity index is 1.92. The molecule has 1 aromatic carbocycles. The van der Waals surface area contributed by atoms with Gasteiger partial charge in [-0.3, -0.25) is 0 Å². The normalized spacial score (nSPS) is 27.8. The topological polar surface area (TPSA) is 30.5 Å². The number of nitrogens with one attached hydrogen (secondary N) is 1. The van der Waals surface area contributed by atoms with Crippen molar-refractivity contribution in [3.05, 3.63) is 23.8 Å². The monoisotopic (exact) mass is 205 g/mol. The first-order valence-electron chi connectivity index (χ1n) is 5.38. The molecule has 1 atom stereocenters. The number of hydrogen-bond acceptors (Lipinski definition) is 3. The first kappa shape index (κ1) is 9.04. The lowest BCUT2D eigenvalue weighted by Crippen LogP contribution is -2.36. The fourth-order valence-electron chi connectivity index (χ4n) is 2.48. The number of ether oxygens (including phenoxy) is 2. The van der Waals surface area contributed by atoms with Crippen molar-refractivity contribution in [3.8, 4) is 11.5 Å². The highest BCUT2D eigenvalue weighted by Gasteiger charge is 2.41. The van der Waals surface area contributed by atoms with Gasteiger partial charge < -0.3 is 14.8 Å². The van der Waals surface area contributed by atoms with Crippen LogP contribution in [0.5, 0.6) is 11.5 Å². The van der Waals surface area contributed by atoms with Crippen LogP contribution in [-0.2, 0) is 6.42 Å². The van der Waals surface area contributed by atoms with Gasteiger partial charge >= 0.3 is 0 Å². The van der Waals surface area contributed by atoms with Crippen molar-refractivity contribution in [3.63, 3.8) is 0 Å². The van der Waals surface area contributed by atoms with Crippen LogP contribution in [0.25, 0.3) is 0 Å². The molecule has 0 amide bonds. The van der Waals surface area contributed by atoms with Crippen molar-refractivity contribution in [1.82, 2.24) is 5.32 Å². The average molecular weight is 205 g/mol. The van der Waals surface area contributed by atoms with Crippen molar-refractivity contribution in [1.29, 1.82) is 0 Å². The number of benzene rings is 1. The smallest absolute Gasteiger partial charge is 0.127 e. The molecule has 0 bridgehead atoms. The molecule has 1 spiro atoms. The zero-order chi connectivity index (χ0) is 10.3. The molecule has 15 heavy (non-hydrogen) atoms. The minimum absolute atomic E-state index is 0.0225. The summed E-state index contributed by atoms with van der Waals surface area (Å²) in [5.41, 5.74) is 1.33. The van der Waals surface area contributed by atoms with Gasteiger partial charge in [0.1, 0.15) is 17.1 Å². The fourth-order valence-corrected chi connectivity index (χ4v) is 2.48. The van der Waals surface area contributed by atoms with Gasteiger partial charge in [-0.1, -0.05) is 6.07 Å². The summed E-state index contributed by atoms with van der Waals surface area (Å²) in [5.74, 6) is 1.87. The lowest BCUT2D eigenvalue weighted by molar-refractivity contribution is 0.117. The molecule has 2 aliphatic heterocycles. The van der Waals surface area contributed by atoms with Crippen molar-refractivity contribution in [2.45, 2.75) is 18.4 Å². The predicted octanol–water partition coefficient (Wildman–Crippen LogP) is 1.36. The highest BCUT2D eigenvalue weighted by molar-refractivity contribution is 5.45. The van der Waals surface area contributed by atoms with E-state index in [9.17, 15) is 0 Å². The summed E-state index contributed by atoms with van der Waals surface area (Å²) in [7, 11) is 1.68. The lowest BCUT2D eigenvalue weighted by atomic mass is 9.96. The van der Waals surface area contributed by atoms with Crippen LogP contribution in [0.4, 0.5) is 0 Å². The van der Waals surface area contributed by atoms with Crippen LogP contribution >= 0.6 is 0 Å². The van der Waals surface area contributed by atoms with E-state index in [0.29, 0.717) is 0 Å². The molecule has 2 aliphatic rings. The Kier molecular flexibility index (Phi) is 1.89. The molecule has 2 heterocycles. The van der Waals surface area contributed by atoms with Crippen LogP contribution in [0, 0.1) is 0 Å². The van der Waals surface area contributed by atoms with Crippen LogP contribution in [0.1, 0.15) is 12.0 Å². The summed E-state index contributed by atoms with van der Waals surface area (Å²) in [6, 6.07) is 6.10. The van der Waals surface area contributed by atoms with Gasteiger partial charge in [0.05, 0.1) is 7.11 Å². The van der Waals surface area contributed by atoms with E-state index >= 15 is 0 Å². The predicted molar refractivity (Wildman–Crippen MR) is 57.5 cm³/mol. The second kappa shape index (κ2) is 3.14. The minimum Gasteiger partial charge on any atom is -0.497 e. The zero-order valence-corrected chi connectivity index (χ0v) is 8.88. The van der Waals surface area contributed by atoms with Gasteiger partial charge in [0.15, 0.2) is 0 Å². The Bertz CT molecular complexity index is 383. The van der Waals surface area contributed by atoms with Gasteiger partial charge in [0.25, 0.3) is 0 Å². The van der Waals surface area contributed by atoms with Crippen molar-refractivity contribution in [2.75, 3.05) is 20.2 Å². The SMILES string of the molecule is COc1ccc2c(c1)OC1(CCNC1)C2. The van der Waals surface area contributed by atoms with Gasteiger partial charge in [0, 0.05) is 25.5 Å². The molecule has 80 valence electrons. The zero-order valence-electron chi connectivity index (χ0n) is 8.88. The quantitative estimate of drug-likeness (QED) is 0.751. The first-order valence-corrected chi connectivity index (χ1v) is 5.38. The van der Waals surface area contributed by atoms with Crippen molar-refractivity contribution in [2.24, 2.45) is 0 Å². The molecule has 0 aromatic heterocycles. The second-order valence-corrected chi connectivity index (χ2v) is 4.36. The van der Waals surface area contributed by atoms with Gasteiger partial charge in [0.2, 0.25) is 0 Å². The molecule has 1 N–H and O–H groups in total. The van der Waals surface area contributed by atoms with E-state index in [1.54, 1.807) is 7.11 Å². The first-order chi connectivity index (χ1) is 7.31. The number of hydrogen-bond donors (Lipinski definition) is 1. The lowest BCUT2D eigenvalue weighted by Gasteiger charge is -2.21. The van der Waals surface area contributed by atoms with Gasteiger partial charge in [-0.25, -0.2) is 0 Å². The number of methoxy groups -OCH3 is 1. The minimum atomic E-state index is 0.0225. The van der Waals surface area contributed by atoms with Crippen LogP contribution < -0.4 is 14.8 Å². The molecule has 0 aliphatic carbocycles. The van der Waals surface area contributed by atoms with E-state index in [0.717, 1.165) is 37.4 Å². The Hall–Kier alpha value is -1.22. The largest absolute Gasteiger partial charge is 0.497 e. The summed E-state index contributed by atoms with van der Waals surface area (Å²) in [5, 5.41) is 3.36. The molecule has 3 nitrogen and oxygen atoms in total. The van der Waals surface area contributed by atoms with E-state index in [1.807, 2.05) is 12.1 Å². The number of rotatable bonds is 1. The highest BCUT2D eigenvalue weighted by Crippen LogP contribution is 2.40. The molecule has 1 saturated heterocycles. The molecule has 3 heteroatoms. The molecule has 1 aromatic rings. The van der Waals surface area contributed by atoms with Crippen LogP contribution in [0.15, 0.2) is 18.2 Å². The molecule has 0 radical (unpaired) electrons. The Morgan fingerprint density at radius 2 is 2.40 bits per heavy atom. The maximum atomic E-state index is 6.06. The molecule has 1 unspecified atom stereocenters. The van der Waals surface area contributed by atoms with Gasteiger partial charge in [-0.15, -0.1) is 0 Å². The number of fused-ring (bicyclic) bond motifs is 1. The summed E-state index contributed by atoms with van der Waals surface area (Å²) in [6.07, 6.45) is 2.13. The maximum Gasteiger partial charge on any atom is 0.127 e. The van der Waals surface area contributed by atoms with E-state index < -0.39 is 0 Å². The maximum absolute atomic E-state index is 6.06. The Labute approximate surface area is 89.4 Å². The average Bonchev–Trinajstić information content (AvgIpc) is 2.84. The Morgan fingerprint density at radius 1 is 1.47 bits per heavy atom. The summed E-state index contributed by atoms with van der Waals surface area (Å²) >= 11 is 0.